The smallest absolute Gasteiger partial charge is 0.341 e. The van der Waals surface area contributed by atoms with Gasteiger partial charge in [-0.05, 0) is 30.5 Å². The van der Waals surface area contributed by atoms with E-state index >= 15 is 0 Å². The molecule has 0 aliphatic carbocycles. The Labute approximate surface area is 198 Å². The predicted octanol–water partition coefficient (Wildman–Crippen LogP) is 3.76. The van der Waals surface area contributed by atoms with E-state index in [1.807, 2.05) is 10.8 Å². The summed E-state index contributed by atoms with van der Waals surface area (Å²) in [7, 11) is 1.20. The number of nitrogens with zero attached hydrogens (tertiary/aromatic N) is 3. The minimum absolute atomic E-state index is 0.0106. The van der Waals surface area contributed by atoms with Gasteiger partial charge >= 0.3 is 5.97 Å². The standard InChI is InChI=1S/C23H31ClFN5O3/c1-4-6-7-15-11-19(29-10-8-26-14-29)30(9-5-2)28-21(15)22(31)27-18-13-16(25)12-17(24)20(18)23(32)33-3/h8,10,12-15,19,21,30H,4-7,9,11H2,1-3H3,(H,27,31). The van der Waals surface area contributed by atoms with Crippen molar-refractivity contribution in [3.05, 3.63) is 52.7 Å². The van der Waals surface area contributed by atoms with Gasteiger partial charge in [0.05, 0.1) is 30.7 Å². The number of methoxy groups -OCH3 is 1. The van der Waals surface area contributed by atoms with E-state index in [1.54, 1.807) is 12.5 Å². The number of anilines is 1. The highest BCUT2D eigenvalue weighted by molar-refractivity contribution is 6.34. The fourth-order valence-electron chi connectivity index (χ4n) is 4.36. The number of imidazole rings is 1. The molecular formula is C23H31ClFN5O3. The van der Waals surface area contributed by atoms with E-state index in [0.717, 1.165) is 55.8 Å². The van der Waals surface area contributed by atoms with Gasteiger partial charge < -0.3 is 20.5 Å². The van der Waals surface area contributed by atoms with E-state index in [9.17, 15) is 14.0 Å². The lowest BCUT2D eigenvalue weighted by atomic mass is 9.87. The topological polar surface area (TPSA) is 91.8 Å². The third kappa shape index (κ3) is 5.90. The molecule has 33 heavy (non-hydrogen) atoms. The molecule has 1 amide bonds. The summed E-state index contributed by atoms with van der Waals surface area (Å²) >= 11 is 6.09. The summed E-state index contributed by atoms with van der Waals surface area (Å²) in [5, 5.41) is 3.52. The Morgan fingerprint density at radius 3 is 2.79 bits per heavy atom. The number of esters is 1. The van der Waals surface area contributed by atoms with Crippen LogP contribution >= 0.6 is 11.6 Å². The maximum atomic E-state index is 14.1. The van der Waals surface area contributed by atoms with Gasteiger partial charge in [-0.2, -0.15) is 0 Å². The number of hydrogen-bond donors (Lipinski definition) is 2. The molecule has 10 heteroatoms. The van der Waals surface area contributed by atoms with Gasteiger partial charge in [0.1, 0.15) is 11.4 Å². The fraction of sp³-hybridized carbons (Fsp3) is 0.522. The number of unbranched alkanes of at least 4 members (excludes halogenated alkanes) is 1. The van der Waals surface area contributed by atoms with E-state index in [0.29, 0.717) is 0 Å². The van der Waals surface area contributed by atoms with Gasteiger partial charge in [-0.25, -0.2) is 14.2 Å². The van der Waals surface area contributed by atoms with Crippen LogP contribution in [0.15, 0.2) is 30.9 Å². The van der Waals surface area contributed by atoms with Gasteiger partial charge in [-0.3, -0.25) is 9.36 Å². The zero-order valence-electron chi connectivity index (χ0n) is 19.2. The third-order valence-corrected chi connectivity index (χ3v) is 6.25. The molecule has 1 saturated heterocycles. The van der Waals surface area contributed by atoms with Gasteiger partial charge in [0.25, 0.3) is 0 Å². The van der Waals surface area contributed by atoms with Crippen molar-refractivity contribution < 1.29 is 23.7 Å². The molecule has 2 aromatic rings. The van der Waals surface area contributed by atoms with Gasteiger partial charge in [0, 0.05) is 18.8 Å². The monoisotopic (exact) mass is 479 g/mol. The zero-order valence-corrected chi connectivity index (χ0v) is 19.9. The summed E-state index contributed by atoms with van der Waals surface area (Å²) in [5.74, 6) is -1.81. The van der Waals surface area contributed by atoms with E-state index in [1.165, 1.54) is 7.11 Å². The Balaban J connectivity index is 1.89. The molecule has 1 aliphatic rings. The lowest BCUT2D eigenvalue weighted by molar-refractivity contribution is -0.913. The summed E-state index contributed by atoms with van der Waals surface area (Å²) in [6.07, 6.45) is 9.93. The molecule has 2 heterocycles. The number of hydrogen-bond acceptors (Lipinski definition) is 4. The van der Waals surface area contributed by atoms with Crippen LogP contribution in [0.3, 0.4) is 0 Å². The number of carbonyl (C=O) groups is 2. The molecule has 4 atom stereocenters. The maximum absolute atomic E-state index is 14.1. The van der Waals surface area contributed by atoms with Gasteiger partial charge in [-0.15, -0.1) is 0 Å². The van der Waals surface area contributed by atoms with Crippen LogP contribution in [0.25, 0.3) is 5.43 Å². The van der Waals surface area contributed by atoms with Gasteiger partial charge in [-0.1, -0.05) is 44.7 Å². The van der Waals surface area contributed by atoms with Crippen LogP contribution in [0.2, 0.25) is 5.02 Å². The van der Waals surface area contributed by atoms with E-state index < -0.39 is 17.8 Å². The molecule has 0 bridgehead atoms. The first-order valence-electron chi connectivity index (χ1n) is 11.3. The fourth-order valence-corrected chi connectivity index (χ4v) is 4.64. The van der Waals surface area contributed by atoms with Crippen LogP contribution < -0.4 is 10.3 Å². The van der Waals surface area contributed by atoms with E-state index in [-0.39, 0.29) is 34.3 Å². The number of halogens is 2. The second-order valence-electron chi connectivity index (χ2n) is 8.27. The molecule has 180 valence electrons. The summed E-state index contributed by atoms with van der Waals surface area (Å²) in [5.41, 5.74) is 4.79. The van der Waals surface area contributed by atoms with Crippen molar-refractivity contribution in [3.63, 3.8) is 0 Å². The Hall–Kier alpha value is -2.49. The minimum atomic E-state index is -0.753. The molecule has 0 radical (unpaired) electrons. The van der Waals surface area contributed by atoms with Crippen LogP contribution in [0.5, 0.6) is 0 Å². The molecular weight excluding hydrogens is 449 g/mol. The maximum Gasteiger partial charge on any atom is 0.341 e. The average Bonchev–Trinajstić information content (AvgIpc) is 3.32. The summed E-state index contributed by atoms with van der Waals surface area (Å²) in [4.78, 5) is 29.8. The van der Waals surface area contributed by atoms with E-state index in [4.69, 9.17) is 21.8 Å². The number of quaternary nitrogens is 1. The molecule has 4 unspecified atom stereocenters. The first kappa shape index (κ1) is 25.1. The van der Waals surface area contributed by atoms with E-state index in [2.05, 4.69) is 24.1 Å². The number of benzene rings is 1. The van der Waals surface area contributed by atoms with Crippen molar-refractivity contribution in [1.29, 1.82) is 0 Å². The Bertz CT molecular complexity index is 956. The highest BCUT2D eigenvalue weighted by atomic mass is 35.5. The minimum Gasteiger partial charge on any atom is -0.465 e. The number of rotatable bonds is 9. The van der Waals surface area contributed by atoms with Crippen molar-refractivity contribution >= 4 is 29.2 Å². The van der Waals surface area contributed by atoms with Crippen LogP contribution in [-0.2, 0) is 9.53 Å². The molecule has 2 N–H and O–H groups in total. The van der Waals surface area contributed by atoms with Crippen molar-refractivity contribution in [3.8, 4) is 0 Å². The molecule has 0 spiro atoms. The largest absolute Gasteiger partial charge is 0.465 e. The quantitative estimate of drug-likeness (QED) is 0.536. The highest BCUT2D eigenvalue weighted by Crippen LogP contribution is 2.32. The van der Waals surface area contributed by atoms with Crippen LogP contribution in [0.1, 0.15) is 62.5 Å². The second kappa shape index (κ2) is 11.6. The average molecular weight is 480 g/mol. The van der Waals surface area contributed by atoms with Crippen molar-refractivity contribution in [2.75, 3.05) is 19.0 Å². The number of amides is 1. The van der Waals surface area contributed by atoms with Crippen LogP contribution in [0.4, 0.5) is 10.1 Å². The lowest BCUT2D eigenvalue weighted by Crippen LogP contribution is -3.11. The van der Waals surface area contributed by atoms with Gasteiger partial charge in [0.15, 0.2) is 6.17 Å². The molecule has 8 nitrogen and oxygen atoms in total. The predicted molar refractivity (Wildman–Crippen MR) is 124 cm³/mol. The molecule has 1 aromatic carbocycles. The zero-order chi connectivity index (χ0) is 24.0. The summed E-state index contributed by atoms with van der Waals surface area (Å²) < 4.78 is 20.9. The van der Waals surface area contributed by atoms with Crippen molar-refractivity contribution in [1.82, 2.24) is 9.55 Å². The SMILES string of the molecule is CCCCC1CC(n2ccnc2)[NH+](CCC)[N-]C1C(=O)Nc1cc(F)cc(Cl)c1C(=O)OC. The number of aromatic nitrogens is 2. The second-order valence-corrected chi connectivity index (χ2v) is 8.68. The molecule has 3 rings (SSSR count). The Morgan fingerprint density at radius 1 is 1.36 bits per heavy atom. The Kier molecular flexibility index (Phi) is 8.82. The van der Waals surface area contributed by atoms with Crippen molar-refractivity contribution in [2.24, 2.45) is 5.92 Å². The normalized spacial score (nSPS) is 22.7. The number of carbonyl (C=O) groups excluding carboxylic acids is 2. The van der Waals surface area contributed by atoms with Crippen LogP contribution in [0, 0.1) is 11.7 Å². The number of nitrogens with one attached hydrogen (secondary N) is 2. The van der Waals surface area contributed by atoms with Gasteiger partial charge in [0.2, 0.25) is 5.91 Å². The lowest BCUT2D eigenvalue weighted by Gasteiger charge is -2.50. The summed E-state index contributed by atoms with van der Waals surface area (Å²) in [6, 6.07) is 1.44. The Morgan fingerprint density at radius 2 is 2.15 bits per heavy atom. The van der Waals surface area contributed by atoms with Crippen molar-refractivity contribution in [2.45, 2.75) is 58.2 Å². The first-order valence-corrected chi connectivity index (χ1v) is 11.7. The number of ether oxygens (including phenoxy) is 1. The molecule has 0 saturated carbocycles. The molecule has 1 aromatic heterocycles. The highest BCUT2D eigenvalue weighted by Gasteiger charge is 2.35. The first-order chi connectivity index (χ1) is 15.9. The third-order valence-electron chi connectivity index (χ3n) is 5.95. The molecule has 1 fully saturated rings. The van der Waals surface area contributed by atoms with Crippen LogP contribution in [-0.4, -0.2) is 41.1 Å². The molecule has 1 aliphatic heterocycles. The summed E-state index contributed by atoms with van der Waals surface area (Å²) in [6.45, 7) is 4.93.